The largest absolute Gasteiger partial charge is 0.346 e. The second-order valence-electron chi connectivity index (χ2n) is 2.94. The fourth-order valence-corrected chi connectivity index (χ4v) is 1.70. The zero-order chi connectivity index (χ0) is 10.1. The van der Waals surface area contributed by atoms with Crippen molar-refractivity contribution in [2.75, 3.05) is 0 Å². The zero-order valence-electron chi connectivity index (χ0n) is 7.58. The van der Waals surface area contributed by atoms with Crippen molar-refractivity contribution < 1.29 is 0 Å². The third kappa shape index (κ3) is 1.24. The van der Waals surface area contributed by atoms with Gasteiger partial charge in [0.05, 0.1) is 10.7 Å². The number of aromatic amines is 1. The quantitative estimate of drug-likeness (QED) is 0.427. The molecule has 0 aliphatic rings. The summed E-state index contributed by atoms with van der Waals surface area (Å²) in [5.74, 6) is 5.23. The minimum absolute atomic E-state index is 0.559. The molecular weight excluding hydrogens is 200 g/mol. The van der Waals surface area contributed by atoms with Crippen LogP contribution in [0.5, 0.6) is 0 Å². The summed E-state index contributed by atoms with van der Waals surface area (Å²) in [6.45, 7) is 1.81. The Morgan fingerprint density at radius 3 is 3.14 bits per heavy atom. The molecule has 0 spiro atoms. The lowest BCUT2D eigenvalue weighted by Crippen LogP contribution is -2.01. The van der Waals surface area contributed by atoms with Crippen molar-refractivity contribution in [2.45, 2.75) is 6.92 Å². The number of nitrogens with one attached hydrogen (secondary N) is 1. The molecule has 0 fully saturated rings. The Kier molecular flexibility index (Phi) is 2.13. The second kappa shape index (κ2) is 3.31. The molecular formula is C9H9ClN4. The third-order valence-electron chi connectivity index (χ3n) is 2.10. The SMILES string of the molecule is C/C(=N/N)c1c(Cl)cnc2[nH]ccc12. The molecule has 0 amide bonds. The van der Waals surface area contributed by atoms with Crippen LogP contribution in [-0.4, -0.2) is 15.7 Å². The molecule has 3 N–H and O–H groups in total. The first-order chi connectivity index (χ1) is 6.74. The molecule has 0 bridgehead atoms. The van der Waals surface area contributed by atoms with E-state index in [-0.39, 0.29) is 0 Å². The van der Waals surface area contributed by atoms with E-state index in [0.717, 1.165) is 16.6 Å². The van der Waals surface area contributed by atoms with Gasteiger partial charge in [0.25, 0.3) is 0 Å². The van der Waals surface area contributed by atoms with Gasteiger partial charge in [-0.05, 0) is 13.0 Å². The van der Waals surface area contributed by atoms with Gasteiger partial charge in [-0.2, -0.15) is 5.10 Å². The van der Waals surface area contributed by atoms with Crippen LogP contribution < -0.4 is 5.84 Å². The molecule has 14 heavy (non-hydrogen) atoms. The third-order valence-corrected chi connectivity index (χ3v) is 2.38. The highest BCUT2D eigenvalue weighted by Crippen LogP contribution is 2.23. The molecule has 0 unspecified atom stereocenters. The minimum atomic E-state index is 0.559. The predicted molar refractivity (Wildman–Crippen MR) is 57.5 cm³/mol. The molecule has 5 heteroatoms. The Balaban J connectivity index is 2.83. The van der Waals surface area contributed by atoms with Gasteiger partial charge in [0.1, 0.15) is 5.65 Å². The maximum Gasteiger partial charge on any atom is 0.137 e. The summed E-state index contributed by atoms with van der Waals surface area (Å²) in [4.78, 5) is 7.14. The number of aromatic nitrogens is 2. The van der Waals surface area contributed by atoms with Crippen LogP contribution in [0.15, 0.2) is 23.6 Å². The van der Waals surface area contributed by atoms with Gasteiger partial charge in [0, 0.05) is 23.3 Å². The molecule has 0 aliphatic carbocycles. The molecule has 2 heterocycles. The smallest absolute Gasteiger partial charge is 0.137 e. The monoisotopic (exact) mass is 208 g/mol. The van der Waals surface area contributed by atoms with Crippen LogP contribution in [0.1, 0.15) is 12.5 Å². The van der Waals surface area contributed by atoms with Crippen LogP contribution >= 0.6 is 11.6 Å². The number of H-pyrrole nitrogens is 1. The Bertz CT molecular complexity index is 500. The van der Waals surface area contributed by atoms with E-state index in [1.807, 2.05) is 13.0 Å². The van der Waals surface area contributed by atoms with Crippen LogP contribution in [0.2, 0.25) is 5.02 Å². The molecule has 0 aromatic carbocycles. The van der Waals surface area contributed by atoms with Crippen molar-refractivity contribution in [3.63, 3.8) is 0 Å². The Morgan fingerprint density at radius 2 is 2.43 bits per heavy atom. The summed E-state index contributed by atoms with van der Waals surface area (Å²) in [6, 6.07) is 1.90. The van der Waals surface area contributed by atoms with E-state index in [4.69, 9.17) is 17.4 Å². The van der Waals surface area contributed by atoms with E-state index < -0.39 is 0 Å². The van der Waals surface area contributed by atoms with Crippen molar-refractivity contribution in [1.29, 1.82) is 0 Å². The van der Waals surface area contributed by atoms with Crippen LogP contribution in [-0.2, 0) is 0 Å². The first-order valence-electron chi connectivity index (χ1n) is 4.10. The van der Waals surface area contributed by atoms with Gasteiger partial charge < -0.3 is 10.8 Å². The summed E-state index contributed by atoms with van der Waals surface area (Å²) in [5, 5.41) is 5.13. The molecule has 0 aliphatic heterocycles. The number of fused-ring (bicyclic) bond motifs is 1. The average molecular weight is 209 g/mol. The lowest BCUT2D eigenvalue weighted by molar-refractivity contribution is 1.24. The molecule has 2 aromatic heterocycles. The number of rotatable bonds is 1. The van der Waals surface area contributed by atoms with Gasteiger partial charge in [-0.15, -0.1) is 0 Å². The lowest BCUT2D eigenvalue weighted by atomic mass is 10.1. The van der Waals surface area contributed by atoms with E-state index in [0.29, 0.717) is 10.7 Å². The van der Waals surface area contributed by atoms with Gasteiger partial charge in [0.15, 0.2) is 0 Å². The number of hydrazone groups is 1. The Labute approximate surface area is 85.8 Å². The molecule has 4 nitrogen and oxygen atoms in total. The summed E-state index contributed by atoms with van der Waals surface area (Å²) in [5.41, 5.74) is 2.31. The van der Waals surface area contributed by atoms with Gasteiger partial charge in [0.2, 0.25) is 0 Å². The van der Waals surface area contributed by atoms with E-state index in [2.05, 4.69) is 15.1 Å². The second-order valence-corrected chi connectivity index (χ2v) is 3.34. The molecule has 2 aromatic rings. The standard InChI is InChI=1S/C9H9ClN4/c1-5(14-11)8-6-2-3-12-9(6)13-4-7(8)10/h2-4H,11H2,1H3,(H,12,13)/b14-5-. The highest BCUT2D eigenvalue weighted by molar-refractivity contribution is 6.35. The van der Waals surface area contributed by atoms with Crippen molar-refractivity contribution in [3.8, 4) is 0 Å². The van der Waals surface area contributed by atoms with Crippen LogP contribution in [0, 0.1) is 0 Å². The number of halogens is 1. The van der Waals surface area contributed by atoms with Crippen molar-refractivity contribution in [2.24, 2.45) is 10.9 Å². The number of pyridine rings is 1. The summed E-state index contributed by atoms with van der Waals surface area (Å²) in [7, 11) is 0. The van der Waals surface area contributed by atoms with Crippen LogP contribution in [0.25, 0.3) is 11.0 Å². The predicted octanol–water partition coefficient (Wildman–Crippen LogP) is 1.90. The molecule has 0 radical (unpaired) electrons. The summed E-state index contributed by atoms with van der Waals surface area (Å²) in [6.07, 6.45) is 3.39. The van der Waals surface area contributed by atoms with Crippen molar-refractivity contribution in [1.82, 2.24) is 9.97 Å². The molecule has 2 rings (SSSR count). The average Bonchev–Trinajstić information content (AvgIpc) is 2.64. The maximum atomic E-state index is 6.02. The fourth-order valence-electron chi connectivity index (χ4n) is 1.42. The Morgan fingerprint density at radius 1 is 1.64 bits per heavy atom. The molecule has 0 saturated heterocycles. The first kappa shape index (κ1) is 9.02. The normalized spacial score (nSPS) is 12.3. The fraction of sp³-hybridized carbons (Fsp3) is 0.111. The van der Waals surface area contributed by atoms with Gasteiger partial charge in [-0.25, -0.2) is 4.98 Å². The van der Waals surface area contributed by atoms with E-state index in [1.165, 1.54) is 0 Å². The van der Waals surface area contributed by atoms with Crippen LogP contribution in [0.3, 0.4) is 0 Å². The number of nitrogens with two attached hydrogens (primary N) is 1. The van der Waals surface area contributed by atoms with Crippen molar-refractivity contribution >= 4 is 28.3 Å². The molecule has 0 atom stereocenters. The topological polar surface area (TPSA) is 67.1 Å². The first-order valence-corrected chi connectivity index (χ1v) is 4.48. The number of hydrogen-bond donors (Lipinski definition) is 2. The number of nitrogens with zero attached hydrogens (tertiary/aromatic N) is 2. The highest BCUT2D eigenvalue weighted by Gasteiger charge is 2.10. The molecule has 72 valence electrons. The lowest BCUT2D eigenvalue weighted by Gasteiger charge is -2.03. The summed E-state index contributed by atoms with van der Waals surface area (Å²) < 4.78 is 0. The number of hydrogen-bond acceptors (Lipinski definition) is 3. The van der Waals surface area contributed by atoms with E-state index >= 15 is 0 Å². The molecule has 0 saturated carbocycles. The van der Waals surface area contributed by atoms with E-state index in [9.17, 15) is 0 Å². The van der Waals surface area contributed by atoms with E-state index in [1.54, 1.807) is 12.4 Å². The maximum absolute atomic E-state index is 6.02. The van der Waals surface area contributed by atoms with Crippen molar-refractivity contribution in [3.05, 3.63) is 29.0 Å². The Hall–Kier alpha value is -1.55. The highest BCUT2D eigenvalue weighted by atomic mass is 35.5. The summed E-state index contributed by atoms with van der Waals surface area (Å²) >= 11 is 6.02. The van der Waals surface area contributed by atoms with Gasteiger partial charge >= 0.3 is 0 Å². The van der Waals surface area contributed by atoms with Gasteiger partial charge in [-0.1, -0.05) is 11.6 Å². The van der Waals surface area contributed by atoms with Gasteiger partial charge in [-0.3, -0.25) is 0 Å². The minimum Gasteiger partial charge on any atom is -0.346 e. The van der Waals surface area contributed by atoms with Crippen LogP contribution in [0.4, 0.5) is 0 Å². The zero-order valence-corrected chi connectivity index (χ0v) is 8.34.